The number of carboxylic acids is 2. The first-order valence-electron chi connectivity index (χ1n) is 47.2. The van der Waals surface area contributed by atoms with Gasteiger partial charge in [0, 0.05) is 22.3 Å². The van der Waals surface area contributed by atoms with Gasteiger partial charge in [-0.15, -0.1) is 0 Å². The number of aliphatic carboxylic acids is 2. The van der Waals surface area contributed by atoms with E-state index in [-0.39, 0.29) is 123 Å². The van der Waals surface area contributed by atoms with Crippen LogP contribution in [0.2, 0.25) is 0 Å². The van der Waals surface area contributed by atoms with E-state index in [9.17, 15) is 36.7 Å². The van der Waals surface area contributed by atoms with Crippen molar-refractivity contribution in [3.8, 4) is 90.5 Å². The average molecular weight is 1940 g/mol. The van der Waals surface area contributed by atoms with Gasteiger partial charge in [-0.05, 0) is 329 Å². The number of rotatable bonds is 28. The van der Waals surface area contributed by atoms with Gasteiger partial charge in [-0.25, -0.2) is 17.6 Å². The van der Waals surface area contributed by atoms with E-state index in [0.717, 1.165) is 152 Å². The summed E-state index contributed by atoms with van der Waals surface area (Å²) < 4.78 is 114. The van der Waals surface area contributed by atoms with E-state index in [1.807, 2.05) is 97.1 Å². The Bertz CT molecular complexity index is 6020. The van der Waals surface area contributed by atoms with Crippen molar-refractivity contribution < 1.29 is 94.3 Å². The minimum absolute atomic E-state index is 0. The van der Waals surface area contributed by atoms with E-state index in [0.29, 0.717) is 84.5 Å². The molecule has 0 fully saturated rings. The minimum Gasteiger partial charge on any atom is -0.497 e. The lowest BCUT2D eigenvalue weighted by Crippen LogP contribution is -2.14. The molecule has 756 valence electrons. The lowest BCUT2D eigenvalue weighted by Gasteiger charge is -2.24. The molecule has 0 heterocycles. The molecule has 0 aromatic heterocycles. The molecular weight excluding hydrogens is 1800 g/mol. The predicted molar refractivity (Wildman–Crippen MR) is 560 cm³/mol. The lowest BCUT2D eigenvalue weighted by atomic mass is 9.81. The third-order valence-corrected chi connectivity index (χ3v) is 26.4. The number of methoxy groups -OCH3 is 6. The van der Waals surface area contributed by atoms with Crippen LogP contribution < -0.4 is 37.9 Å². The number of hydrogen-bond acceptors (Lipinski definition) is 14. The highest BCUT2D eigenvalue weighted by Crippen LogP contribution is 2.47. The van der Waals surface area contributed by atoms with Crippen molar-refractivity contribution in [2.45, 2.75) is 262 Å². The highest BCUT2D eigenvalue weighted by atomic mass is 19.1. The van der Waals surface area contributed by atoms with Crippen molar-refractivity contribution in [3.63, 3.8) is 0 Å². The van der Waals surface area contributed by atoms with E-state index in [4.69, 9.17) is 57.6 Å². The maximum atomic E-state index is 14.8. The summed E-state index contributed by atoms with van der Waals surface area (Å²) >= 11 is 0. The van der Waals surface area contributed by atoms with Crippen LogP contribution in [0.3, 0.4) is 0 Å². The molecule has 0 spiro atoms. The Labute approximate surface area is 838 Å². The Morgan fingerprint density at radius 1 is 0.268 bits per heavy atom. The molecule has 0 radical (unpaired) electrons. The number of aryl methyl sites for hydroxylation is 4. The van der Waals surface area contributed by atoms with Crippen LogP contribution >= 0.6 is 0 Å². The van der Waals surface area contributed by atoms with Crippen LogP contribution in [-0.4, -0.2) is 76.7 Å². The van der Waals surface area contributed by atoms with Crippen LogP contribution in [0.4, 0.5) is 17.6 Å². The number of esters is 2. The number of carboxylic acid groups (broad SMARTS) is 2. The van der Waals surface area contributed by atoms with Crippen LogP contribution in [0.25, 0.3) is 44.5 Å². The van der Waals surface area contributed by atoms with Crippen LogP contribution in [0.15, 0.2) is 218 Å². The zero-order chi connectivity index (χ0) is 99.2. The van der Waals surface area contributed by atoms with Crippen molar-refractivity contribution in [3.05, 3.63) is 331 Å². The SMILES string of the molecule is C.C.C.C.COC(=O)C[C@@H]1CCc2cc(OCc3ccc(-c4cc(OC)ccc4F)c(C(C)(C)C)c3)ccc21.COC(=O)C[C@H]1CCc2cc(OCc3ccc(-c4cc(OC)ccc4F)c(C(C)(C)C)c3)ccc21.COc1ccc(F)c(-c2ccc(COc3ccc4c(c3)CC[C@@H]4CC(=O)O)cc2C(C)(C)C)c1.COc1ccc(F)c(-c2ccc(COc3ccc4c(c3)CC[C@H]4CC(=O)O)cc2C(C)(C)C)c1. The molecule has 0 amide bonds. The van der Waals surface area contributed by atoms with Crippen LogP contribution in [-0.2, 0) is 102 Å². The zero-order valence-corrected chi connectivity index (χ0v) is 82.5. The van der Waals surface area contributed by atoms with Gasteiger partial charge in [-0.2, -0.15) is 0 Å². The Kier molecular flexibility index (Phi) is 38.6. The molecule has 0 aliphatic heterocycles. The predicted octanol–water partition coefficient (Wildman–Crippen LogP) is 30.3. The number of halogens is 4. The number of carbonyl (C=O) groups is 4. The molecule has 4 aliphatic rings. The molecule has 0 saturated heterocycles. The van der Waals surface area contributed by atoms with E-state index < -0.39 is 11.9 Å². The fraction of sp³-hybridized carbons (Fsp3) is 0.377. The third-order valence-electron chi connectivity index (χ3n) is 26.4. The van der Waals surface area contributed by atoms with Gasteiger partial charge in [-0.1, -0.05) is 210 Å². The normalized spacial score (nSPS) is 14.6. The Balaban J connectivity index is 0.000000209. The second kappa shape index (κ2) is 48.9. The summed E-state index contributed by atoms with van der Waals surface area (Å²) in [5, 5.41) is 18.3. The van der Waals surface area contributed by atoms with Gasteiger partial charge in [0.05, 0.1) is 68.3 Å². The molecule has 20 heteroatoms. The van der Waals surface area contributed by atoms with E-state index in [2.05, 4.69) is 132 Å². The van der Waals surface area contributed by atoms with Crippen molar-refractivity contribution >= 4 is 23.9 Å². The van der Waals surface area contributed by atoms with Gasteiger partial charge in [0.25, 0.3) is 0 Å². The van der Waals surface area contributed by atoms with E-state index in [1.165, 1.54) is 71.9 Å². The topological polar surface area (TPSA) is 201 Å². The van der Waals surface area contributed by atoms with Gasteiger partial charge in [-0.3, -0.25) is 19.2 Å². The second-order valence-electron chi connectivity index (χ2n) is 40.2. The third kappa shape index (κ3) is 28.1. The van der Waals surface area contributed by atoms with Crippen molar-refractivity contribution in [1.29, 1.82) is 0 Å². The van der Waals surface area contributed by atoms with Crippen molar-refractivity contribution in [2.24, 2.45) is 0 Å². The quantitative estimate of drug-likeness (QED) is 0.0346. The van der Waals surface area contributed by atoms with Gasteiger partial charge < -0.3 is 57.6 Å². The highest BCUT2D eigenvalue weighted by molar-refractivity contribution is 5.77. The van der Waals surface area contributed by atoms with E-state index in [1.54, 1.807) is 77.0 Å². The summed E-state index contributed by atoms with van der Waals surface area (Å²) in [4.78, 5) is 45.6. The van der Waals surface area contributed by atoms with E-state index >= 15 is 0 Å². The molecule has 16 rings (SSSR count). The average Bonchev–Trinajstić information content (AvgIpc) is 1.63. The largest absolute Gasteiger partial charge is 0.497 e. The van der Waals surface area contributed by atoms with Crippen LogP contribution in [0.5, 0.6) is 46.0 Å². The second-order valence-corrected chi connectivity index (χ2v) is 40.2. The van der Waals surface area contributed by atoms with Gasteiger partial charge in [0.2, 0.25) is 0 Å². The molecule has 4 atom stereocenters. The highest BCUT2D eigenvalue weighted by Gasteiger charge is 2.33. The molecule has 4 aliphatic carbocycles. The van der Waals surface area contributed by atoms with Crippen LogP contribution in [0, 0.1) is 23.3 Å². The number of ether oxygens (including phenoxy) is 10. The molecule has 0 unspecified atom stereocenters. The standard InChI is InChI=1S/2C30H33FO4.2C29H31FO4.4CH4/c2*1-30(2,3)27-14-19(6-11-25(27)26-17-22(33-4)10-13-28(26)31)18-35-23-9-12-24-20(15-23)7-8-21(24)16-29(32)34-5;2*1-29(2,3)26-13-18(5-10-24(26)25-16-21(33-4)9-12-27(25)30)17-34-22-8-11-23-19(14-22)6-7-20(23)15-28(31)32;;;;/h2*6,9-15,17,21H,7-8,16,18H2,1-5H3;2*5,8-14,16,20H,6-7,15,17H2,1-4H3,(H,31,32);4*1H4/t2*21-;2*20-;;;;/m1010..../s1. The Hall–Kier alpha value is -13.4. The number of hydrogen-bond donors (Lipinski definition) is 2. The van der Waals surface area contributed by atoms with Crippen molar-refractivity contribution in [2.75, 3.05) is 42.7 Å². The molecule has 0 saturated carbocycles. The summed E-state index contributed by atoms with van der Waals surface area (Å²) in [5.41, 5.74) is 22.4. The Morgan fingerprint density at radius 2 is 0.472 bits per heavy atom. The first kappa shape index (κ1) is 112. The monoisotopic (exact) mass is 1940 g/mol. The Morgan fingerprint density at radius 3 is 0.662 bits per heavy atom. The molecule has 16 nitrogen and oxygen atoms in total. The molecule has 142 heavy (non-hydrogen) atoms. The zero-order valence-electron chi connectivity index (χ0n) is 82.5. The summed E-state index contributed by atoms with van der Waals surface area (Å²) in [6, 6.07) is 67.5. The number of carbonyl (C=O) groups excluding carboxylic acids is 2. The lowest BCUT2D eigenvalue weighted by molar-refractivity contribution is -0.142. The molecule has 2 N–H and O–H groups in total. The molecule has 12 aromatic carbocycles. The smallest absolute Gasteiger partial charge is 0.306 e. The molecular formula is C122H144F4O16. The minimum atomic E-state index is -0.759. The van der Waals surface area contributed by atoms with Gasteiger partial charge >= 0.3 is 23.9 Å². The summed E-state index contributed by atoms with van der Waals surface area (Å²) in [6.45, 7) is 27.0. The number of fused-ring (bicyclic) bond motifs is 4. The maximum absolute atomic E-state index is 14.8. The van der Waals surface area contributed by atoms with Gasteiger partial charge in [0.1, 0.15) is 95.7 Å². The first-order valence-corrected chi connectivity index (χ1v) is 47.2. The number of benzene rings is 12. The van der Waals surface area contributed by atoms with Gasteiger partial charge in [0.15, 0.2) is 0 Å². The maximum Gasteiger partial charge on any atom is 0.306 e. The summed E-state index contributed by atoms with van der Waals surface area (Å²) in [6.07, 6.45) is 8.41. The fourth-order valence-electron chi connectivity index (χ4n) is 19.1. The molecule has 0 bridgehead atoms. The van der Waals surface area contributed by atoms with Crippen LogP contribution in [0.1, 0.15) is 277 Å². The summed E-state index contributed by atoms with van der Waals surface area (Å²) in [7, 11) is 9.18. The molecule has 12 aromatic rings. The first-order chi connectivity index (χ1) is 65.7. The summed E-state index contributed by atoms with van der Waals surface area (Å²) in [5.74, 6) is 3.26. The fourth-order valence-corrected chi connectivity index (χ4v) is 19.1. The van der Waals surface area contributed by atoms with Crippen molar-refractivity contribution in [1.82, 2.24) is 0 Å².